The largest absolute Gasteiger partial charge is 0.478 e. The van der Waals surface area contributed by atoms with Gasteiger partial charge in [-0.3, -0.25) is 4.99 Å². The van der Waals surface area contributed by atoms with E-state index in [9.17, 15) is 0 Å². The van der Waals surface area contributed by atoms with Gasteiger partial charge in [-0.1, -0.05) is 19.4 Å². The molecule has 24 heavy (non-hydrogen) atoms. The van der Waals surface area contributed by atoms with Gasteiger partial charge in [0.05, 0.1) is 6.61 Å². The van der Waals surface area contributed by atoms with Crippen LogP contribution in [-0.4, -0.2) is 44.4 Å². The maximum Gasteiger partial charge on any atom is 0.218 e. The second kappa shape index (κ2) is 15.4. The van der Waals surface area contributed by atoms with Gasteiger partial charge in [0.1, 0.15) is 0 Å². The highest BCUT2D eigenvalue weighted by molar-refractivity contribution is 14.0. The SMILES string of the molecule is CCCCOCCCNC(=NC)NCc1cccnc1OCC.I. The zero-order valence-corrected chi connectivity index (χ0v) is 17.3. The number of nitrogens with one attached hydrogen (secondary N) is 2. The van der Waals surface area contributed by atoms with Crippen molar-refractivity contribution >= 4 is 29.9 Å². The molecule has 0 aliphatic rings. The number of aliphatic imine (C=N–C) groups is 1. The lowest BCUT2D eigenvalue weighted by Gasteiger charge is -2.13. The molecule has 1 aromatic rings. The molecule has 0 radical (unpaired) electrons. The summed E-state index contributed by atoms with van der Waals surface area (Å²) < 4.78 is 11.1. The van der Waals surface area contributed by atoms with Crippen molar-refractivity contribution < 1.29 is 9.47 Å². The van der Waals surface area contributed by atoms with Crippen molar-refractivity contribution in [2.24, 2.45) is 4.99 Å². The highest BCUT2D eigenvalue weighted by atomic mass is 127. The summed E-state index contributed by atoms with van der Waals surface area (Å²) in [6, 6.07) is 3.91. The summed E-state index contributed by atoms with van der Waals surface area (Å²) in [4.78, 5) is 8.46. The van der Waals surface area contributed by atoms with E-state index in [0.717, 1.165) is 44.1 Å². The van der Waals surface area contributed by atoms with Crippen LogP contribution >= 0.6 is 24.0 Å². The van der Waals surface area contributed by atoms with Crippen LogP contribution in [0.15, 0.2) is 23.3 Å². The van der Waals surface area contributed by atoms with Crippen LogP contribution in [0.4, 0.5) is 0 Å². The van der Waals surface area contributed by atoms with Crippen molar-refractivity contribution in [3.05, 3.63) is 23.9 Å². The summed E-state index contributed by atoms with van der Waals surface area (Å²) in [7, 11) is 1.76. The van der Waals surface area contributed by atoms with E-state index in [-0.39, 0.29) is 24.0 Å². The third kappa shape index (κ3) is 9.92. The first-order valence-corrected chi connectivity index (χ1v) is 8.40. The van der Waals surface area contributed by atoms with Crippen LogP contribution < -0.4 is 15.4 Å². The molecule has 7 heteroatoms. The van der Waals surface area contributed by atoms with Crippen molar-refractivity contribution in [3.8, 4) is 5.88 Å². The van der Waals surface area contributed by atoms with E-state index in [4.69, 9.17) is 9.47 Å². The molecule has 1 rings (SSSR count). The molecule has 0 aliphatic carbocycles. The standard InChI is InChI=1S/C17H30N4O2.HI/c1-4-6-12-22-13-8-11-20-17(18-3)21-14-15-9-7-10-19-16(15)23-5-2;/h7,9-10H,4-6,8,11-14H2,1-3H3,(H2,18,20,21);1H. The first-order chi connectivity index (χ1) is 11.3. The molecule has 2 N–H and O–H groups in total. The van der Waals surface area contributed by atoms with Crippen LogP contribution in [0.2, 0.25) is 0 Å². The predicted octanol–water partition coefficient (Wildman–Crippen LogP) is 2.97. The fourth-order valence-corrected chi connectivity index (χ4v) is 1.95. The van der Waals surface area contributed by atoms with E-state index < -0.39 is 0 Å². The van der Waals surface area contributed by atoms with Gasteiger partial charge in [-0.15, -0.1) is 24.0 Å². The molecule has 0 bridgehead atoms. The fraction of sp³-hybridized carbons (Fsp3) is 0.647. The van der Waals surface area contributed by atoms with Crippen molar-refractivity contribution in [2.75, 3.05) is 33.4 Å². The molecule has 1 heterocycles. The molecular weight excluding hydrogens is 419 g/mol. The summed E-state index contributed by atoms with van der Waals surface area (Å²) >= 11 is 0. The molecular formula is C17H31IN4O2. The molecule has 0 unspecified atom stereocenters. The Morgan fingerprint density at radius 3 is 2.71 bits per heavy atom. The van der Waals surface area contributed by atoms with Crippen molar-refractivity contribution in [2.45, 2.75) is 39.7 Å². The molecule has 0 amide bonds. The Labute approximate surface area is 162 Å². The molecule has 0 atom stereocenters. The lowest BCUT2D eigenvalue weighted by atomic mass is 10.2. The Bertz CT molecular complexity index is 458. The number of aromatic nitrogens is 1. The van der Waals surface area contributed by atoms with Gasteiger partial charge in [-0.2, -0.15) is 0 Å². The lowest BCUT2D eigenvalue weighted by molar-refractivity contribution is 0.129. The van der Waals surface area contributed by atoms with Crippen LogP contribution in [0.3, 0.4) is 0 Å². The first-order valence-electron chi connectivity index (χ1n) is 8.40. The lowest BCUT2D eigenvalue weighted by Crippen LogP contribution is -2.37. The zero-order valence-electron chi connectivity index (χ0n) is 15.0. The van der Waals surface area contributed by atoms with Gasteiger partial charge in [0.15, 0.2) is 5.96 Å². The predicted molar refractivity (Wildman–Crippen MR) is 109 cm³/mol. The summed E-state index contributed by atoms with van der Waals surface area (Å²) in [6.07, 6.45) is 5.00. The van der Waals surface area contributed by atoms with E-state index in [2.05, 4.69) is 27.5 Å². The Kier molecular flexibility index (Phi) is 14.7. The summed E-state index contributed by atoms with van der Waals surface area (Å²) in [5, 5.41) is 6.55. The van der Waals surface area contributed by atoms with E-state index in [1.54, 1.807) is 13.2 Å². The third-order valence-corrected chi connectivity index (χ3v) is 3.20. The number of nitrogens with zero attached hydrogens (tertiary/aromatic N) is 2. The maximum atomic E-state index is 5.54. The second-order valence-electron chi connectivity index (χ2n) is 5.07. The van der Waals surface area contributed by atoms with Crippen molar-refractivity contribution in [3.63, 3.8) is 0 Å². The molecule has 0 spiro atoms. The van der Waals surface area contributed by atoms with Gasteiger partial charge in [-0.05, 0) is 25.8 Å². The maximum absolute atomic E-state index is 5.54. The second-order valence-corrected chi connectivity index (χ2v) is 5.07. The van der Waals surface area contributed by atoms with Gasteiger partial charge >= 0.3 is 0 Å². The number of hydrogen-bond acceptors (Lipinski definition) is 4. The van der Waals surface area contributed by atoms with E-state index in [1.165, 1.54) is 6.42 Å². The number of guanidine groups is 1. The first kappa shape index (κ1) is 22.9. The highest BCUT2D eigenvalue weighted by Crippen LogP contribution is 2.13. The van der Waals surface area contributed by atoms with Gasteiger partial charge in [-0.25, -0.2) is 4.98 Å². The number of hydrogen-bond donors (Lipinski definition) is 2. The molecule has 0 saturated heterocycles. The summed E-state index contributed by atoms with van der Waals surface area (Å²) in [5.41, 5.74) is 1.01. The van der Waals surface area contributed by atoms with Crippen LogP contribution in [0.25, 0.3) is 0 Å². The molecule has 6 nitrogen and oxygen atoms in total. The molecule has 0 aromatic carbocycles. The van der Waals surface area contributed by atoms with Crippen LogP contribution in [0.5, 0.6) is 5.88 Å². The van der Waals surface area contributed by atoms with Crippen LogP contribution in [-0.2, 0) is 11.3 Å². The average molecular weight is 450 g/mol. The topological polar surface area (TPSA) is 67.8 Å². The number of ether oxygens (including phenoxy) is 2. The molecule has 0 fully saturated rings. The Morgan fingerprint density at radius 1 is 1.21 bits per heavy atom. The van der Waals surface area contributed by atoms with E-state index >= 15 is 0 Å². The van der Waals surface area contributed by atoms with Crippen LogP contribution in [0.1, 0.15) is 38.7 Å². The van der Waals surface area contributed by atoms with Gasteiger partial charge in [0.2, 0.25) is 5.88 Å². The van der Waals surface area contributed by atoms with E-state index in [0.29, 0.717) is 19.0 Å². The van der Waals surface area contributed by atoms with Gasteiger partial charge in [0, 0.05) is 45.1 Å². The quantitative estimate of drug-likeness (QED) is 0.235. The Balaban J connectivity index is 0.00000529. The normalized spacial score (nSPS) is 10.9. The zero-order chi connectivity index (χ0) is 16.8. The van der Waals surface area contributed by atoms with Gasteiger partial charge < -0.3 is 20.1 Å². The van der Waals surface area contributed by atoms with Gasteiger partial charge in [0.25, 0.3) is 0 Å². The Morgan fingerprint density at radius 2 is 2.00 bits per heavy atom. The smallest absolute Gasteiger partial charge is 0.218 e. The Hall–Kier alpha value is -1.09. The molecule has 0 aliphatic heterocycles. The fourth-order valence-electron chi connectivity index (χ4n) is 1.95. The van der Waals surface area contributed by atoms with Crippen molar-refractivity contribution in [1.82, 2.24) is 15.6 Å². The minimum absolute atomic E-state index is 0. The van der Waals surface area contributed by atoms with Crippen LogP contribution in [0, 0.1) is 0 Å². The average Bonchev–Trinajstić information content (AvgIpc) is 2.58. The number of unbranched alkanes of at least 4 members (excludes halogenated alkanes) is 1. The monoisotopic (exact) mass is 450 g/mol. The number of rotatable bonds is 11. The number of halogens is 1. The molecule has 138 valence electrons. The third-order valence-electron chi connectivity index (χ3n) is 3.20. The molecule has 0 saturated carbocycles. The minimum atomic E-state index is 0. The summed E-state index contributed by atoms with van der Waals surface area (Å²) in [5.74, 6) is 1.44. The highest BCUT2D eigenvalue weighted by Gasteiger charge is 2.05. The minimum Gasteiger partial charge on any atom is -0.478 e. The summed E-state index contributed by atoms with van der Waals surface area (Å²) in [6.45, 7) is 7.81. The number of pyridine rings is 1. The van der Waals surface area contributed by atoms with E-state index in [1.807, 2.05) is 19.1 Å². The molecule has 1 aromatic heterocycles. The van der Waals surface area contributed by atoms with Crippen molar-refractivity contribution in [1.29, 1.82) is 0 Å².